The zero-order valence-electron chi connectivity index (χ0n) is 7.91. The molecule has 0 aliphatic heterocycles. The average Bonchev–Trinajstić information content (AvgIpc) is 2.25. The van der Waals surface area contributed by atoms with Crippen LogP contribution in [0.25, 0.3) is 0 Å². The van der Waals surface area contributed by atoms with Gasteiger partial charge in [0.15, 0.2) is 0 Å². The van der Waals surface area contributed by atoms with E-state index in [0.29, 0.717) is 18.2 Å². The minimum atomic E-state index is 0.365. The van der Waals surface area contributed by atoms with Gasteiger partial charge < -0.3 is 5.32 Å². The van der Waals surface area contributed by atoms with Gasteiger partial charge >= 0.3 is 0 Å². The molecule has 4 nitrogen and oxygen atoms in total. The first kappa shape index (κ1) is 10.0. The van der Waals surface area contributed by atoms with Gasteiger partial charge in [-0.3, -0.25) is 0 Å². The summed E-state index contributed by atoms with van der Waals surface area (Å²) in [6.07, 6.45) is 2.30. The summed E-state index contributed by atoms with van der Waals surface area (Å²) in [5, 5.41) is 11.6. The fourth-order valence-electron chi connectivity index (χ4n) is 0.868. The van der Waals surface area contributed by atoms with Gasteiger partial charge in [0.2, 0.25) is 5.95 Å². The van der Waals surface area contributed by atoms with Crippen LogP contribution in [0.4, 0.5) is 5.95 Å². The predicted octanol–water partition coefficient (Wildman–Crippen LogP) is 1.17. The highest BCUT2D eigenvalue weighted by molar-refractivity contribution is 5.30. The number of anilines is 1. The highest BCUT2D eigenvalue weighted by Gasteiger charge is 1.95. The Bertz CT molecular complexity index is 395. The molecule has 0 amide bonds. The standard InChI is InChI=1S/C10H10N4/c1-2-3-4-6-12-10-13-7-5-9(8-11)14-10/h5,7H,4,6H2,1H3,(H,12,13,14). The molecule has 4 heteroatoms. The number of aromatic nitrogens is 2. The van der Waals surface area contributed by atoms with Crippen LogP contribution in [0, 0.1) is 23.2 Å². The number of nitrogens with zero attached hydrogens (tertiary/aromatic N) is 3. The van der Waals surface area contributed by atoms with E-state index in [1.807, 2.05) is 6.07 Å². The van der Waals surface area contributed by atoms with Gasteiger partial charge in [0.25, 0.3) is 0 Å². The SMILES string of the molecule is CC#CCCNc1nccc(C#N)n1. The van der Waals surface area contributed by atoms with Crippen molar-refractivity contribution in [2.75, 3.05) is 11.9 Å². The van der Waals surface area contributed by atoms with Crippen LogP contribution in [-0.2, 0) is 0 Å². The van der Waals surface area contributed by atoms with Crippen LogP contribution in [-0.4, -0.2) is 16.5 Å². The molecule has 0 aromatic carbocycles. The lowest BCUT2D eigenvalue weighted by Crippen LogP contribution is -2.04. The van der Waals surface area contributed by atoms with Gasteiger partial charge in [0.05, 0.1) is 0 Å². The summed E-state index contributed by atoms with van der Waals surface area (Å²) in [7, 11) is 0. The number of nitriles is 1. The normalized spacial score (nSPS) is 8.29. The minimum Gasteiger partial charge on any atom is -0.353 e. The van der Waals surface area contributed by atoms with Crippen LogP contribution < -0.4 is 5.32 Å². The first-order valence-corrected chi connectivity index (χ1v) is 4.23. The number of nitrogens with one attached hydrogen (secondary N) is 1. The fourth-order valence-corrected chi connectivity index (χ4v) is 0.868. The van der Waals surface area contributed by atoms with E-state index in [9.17, 15) is 0 Å². The number of hydrogen-bond acceptors (Lipinski definition) is 4. The maximum absolute atomic E-state index is 8.58. The minimum absolute atomic E-state index is 0.365. The number of rotatable bonds is 3. The van der Waals surface area contributed by atoms with Crippen molar-refractivity contribution in [3.05, 3.63) is 18.0 Å². The zero-order valence-corrected chi connectivity index (χ0v) is 7.91. The van der Waals surface area contributed by atoms with Gasteiger partial charge in [-0.2, -0.15) is 5.26 Å². The van der Waals surface area contributed by atoms with Gasteiger partial charge in [-0.1, -0.05) is 0 Å². The molecule has 0 saturated heterocycles. The summed E-state index contributed by atoms with van der Waals surface area (Å²) in [6, 6.07) is 3.52. The molecule has 0 saturated carbocycles. The summed E-state index contributed by atoms with van der Waals surface area (Å²) in [5.74, 6) is 6.18. The van der Waals surface area contributed by atoms with Crippen molar-refractivity contribution in [2.24, 2.45) is 0 Å². The fraction of sp³-hybridized carbons (Fsp3) is 0.300. The lowest BCUT2D eigenvalue weighted by molar-refractivity contribution is 1.02. The lowest BCUT2D eigenvalue weighted by atomic mass is 10.4. The second-order valence-electron chi connectivity index (χ2n) is 2.48. The average molecular weight is 186 g/mol. The molecule has 0 fully saturated rings. The Morgan fingerprint density at radius 1 is 1.57 bits per heavy atom. The maximum atomic E-state index is 8.58. The molecule has 0 spiro atoms. The van der Waals surface area contributed by atoms with E-state index < -0.39 is 0 Å². The molecular formula is C10H10N4. The molecule has 1 N–H and O–H groups in total. The summed E-state index contributed by atoms with van der Waals surface area (Å²) in [4.78, 5) is 7.92. The van der Waals surface area contributed by atoms with Crippen LogP contribution in [0.3, 0.4) is 0 Å². The second kappa shape index (κ2) is 5.55. The van der Waals surface area contributed by atoms with Gasteiger partial charge in [-0.05, 0) is 13.0 Å². The molecule has 1 aromatic rings. The van der Waals surface area contributed by atoms with E-state index in [4.69, 9.17) is 5.26 Å². The Morgan fingerprint density at radius 2 is 2.43 bits per heavy atom. The molecule has 1 aromatic heterocycles. The topological polar surface area (TPSA) is 61.6 Å². The Hall–Kier alpha value is -2.07. The van der Waals surface area contributed by atoms with Crippen LogP contribution in [0.2, 0.25) is 0 Å². The third kappa shape index (κ3) is 3.12. The van der Waals surface area contributed by atoms with E-state index >= 15 is 0 Å². The van der Waals surface area contributed by atoms with Crippen molar-refractivity contribution in [1.82, 2.24) is 9.97 Å². The first-order chi connectivity index (χ1) is 6.86. The van der Waals surface area contributed by atoms with Gasteiger partial charge in [-0.15, -0.1) is 11.8 Å². The molecule has 70 valence electrons. The summed E-state index contributed by atoms with van der Waals surface area (Å²) >= 11 is 0. The van der Waals surface area contributed by atoms with Gasteiger partial charge in [0, 0.05) is 19.2 Å². The van der Waals surface area contributed by atoms with Gasteiger partial charge in [-0.25, -0.2) is 9.97 Å². The molecule has 0 unspecified atom stereocenters. The van der Waals surface area contributed by atoms with Crippen molar-refractivity contribution >= 4 is 5.95 Å². The summed E-state index contributed by atoms with van der Waals surface area (Å²) in [5.41, 5.74) is 0.365. The summed E-state index contributed by atoms with van der Waals surface area (Å²) < 4.78 is 0. The molecule has 0 aliphatic rings. The van der Waals surface area contributed by atoms with Crippen LogP contribution in [0.1, 0.15) is 19.0 Å². The Morgan fingerprint density at radius 3 is 3.14 bits per heavy atom. The first-order valence-electron chi connectivity index (χ1n) is 4.23. The zero-order chi connectivity index (χ0) is 10.2. The molecule has 0 atom stereocenters. The molecule has 1 heterocycles. The Labute approximate surface area is 83.0 Å². The number of hydrogen-bond donors (Lipinski definition) is 1. The Kier molecular flexibility index (Phi) is 3.97. The smallest absolute Gasteiger partial charge is 0.223 e. The van der Waals surface area contributed by atoms with Crippen molar-refractivity contribution in [2.45, 2.75) is 13.3 Å². The van der Waals surface area contributed by atoms with Crippen LogP contribution in [0.15, 0.2) is 12.3 Å². The van der Waals surface area contributed by atoms with E-state index in [1.165, 1.54) is 0 Å². The lowest BCUT2D eigenvalue weighted by Gasteiger charge is -2.00. The molecule has 0 bridgehead atoms. The third-order valence-electron chi connectivity index (χ3n) is 1.48. The second-order valence-corrected chi connectivity index (χ2v) is 2.48. The van der Waals surface area contributed by atoms with Crippen LogP contribution >= 0.6 is 0 Å². The van der Waals surface area contributed by atoms with Gasteiger partial charge in [0.1, 0.15) is 11.8 Å². The third-order valence-corrected chi connectivity index (χ3v) is 1.48. The van der Waals surface area contributed by atoms with E-state index in [0.717, 1.165) is 6.42 Å². The maximum Gasteiger partial charge on any atom is 0.223 e. The van der Waals surface area contributed by atoms with Crippen molar-refractivity contribution in [3.63, 3.8) is 0 Å². The largest absolute Gasteiger partial charge is 0.353 e. The van der Waals surface area contributed by atoms with E-state index in [2.05, 4.69) is 27.1 Å². The Balaban J connectivity index is 2.50. The molecule has 1 rings (SSSR count). The molecule has 0 aliphatic carbocycles. The van der Waals surface area contributed by atoms with Crippen LogP contribution in [0.5, 0.6) is 0 Å². The highest BCUT2D eigenvalue weighted by atomic mass is 15.1. The van der Waals surface area contributed by atoms with Crippen molar-refractivity contribution in [3.8, 4) is 17.9 Å². The van der Waals surface area contributed by atoms with E-state index in [1.54, 1.807) is 19.2 Å². The van der Waals surface area contributed by atoms with E-state index in [-0.39, 0.29) is 0 Å². The quantitative estimate of drug-likeness (QED) is 0.568. The highest BCUT2D eigenvalue weighted by Crippen LogP contribution is 1.98. The summed E-state index contributed by atoms with van der Waals surface area (Å²) in [6.45, 7) is 2.49. The predicted molar refractivity (Wildman–Crippen MR) is 53.3 cm³/mol. The monoisotopic (exact) mass is 186 g/mol. The molecular weight excluding hydrogens is 176 g/mol. The molecule has 0 radical (unpaired) electrons. The van der Waals surface area contributed by atoms with Crippen molar-refractivity contribution in [1.29, 1.82) is 5.26 Å². The van der Waals surface area contributed by atoms with Crippen molar-refractivity contribution < 1.29 is 0 Å². The molecule has 14 heavy (non-hydrogen) atoms.